The van der Waals surface area contributed by atoms with E-state index in [2.05, 4.69) is 21.9 Å². The maximum absolute atomic E-state index is 4.12. The molecule has 12 heavy (non-hydrogen) atoms. The van der Waals surface area contributed by atoms with Gasteiger partial charge in [0, 0.05) is 31.7 Å². The average molecular weight is 163 g/mol. The summed E-state index contributed by atoms with van der Waals surface area (Å²) in [4.78, 5) is 8.08. The molecule has 0 saturated heterocycles. The molecule has 1 aromatic heterocycles. The minimum Gasteiger partial charge on any atom is -0.307 e. The molecule has 0 amide bonds. The minimum atomic E-state index is 0.751. The molecule has 0 aliphatic rings. The second-order valence-electron chi connectivity index (χ2n) is 2.76. The van der Waals surface area contributed by atoms with Gasteiger partial charge in [0.25, 0.3) is 0 Å². The molecule has 0 atom stereocenters. The third kappa shape index (κ3) is 3.25. The van der Waals surface area contributed by atoms with Gasteiger partial charge in [0.1, 0.15) is 0 Å². The van der Waals surface area contributed by atoms with Crippen LogP contribution in [0.15, 0.2) is 30.7 Å². The van der Waals surface area contributed by atoms with Crippen LogP contribution >= 0.6 is 0 Å². The van der Waals surface area contributed by atoms with E-state index in [1.165, 1.54) is 0 Å². The van der Waals surface area contributed by atoms with Crippen LogP contribution < -0.4 is 5.32 Å². The number of aromatic nitrogens is 2. The second kappa shape index (κ2) is 4.62. The third-order valence-corrected chi connectivity index (χ3v) is 1.35. The lowest BCUT2D eigenvalue weighted by Crippen LogP contribution is -2.15. The summed E-state index contributed by atoms with van der Waals surface area (Å²) in [6.45, 7) is 7.36. The summed E-state index contributed by atoms with van der Waals surface area (Å²) in [6, 6.07) is 0. The van der Waals surface area contributed by atoms with E-state index in [0.717, 1.165) is 24.4 Å². The van der Waals surface area contributed by atoms with E-state index in [9.17, 15) is 0 Å². The fourth-order valence-electron chi connectivity index (χ4n) is 0.825. The Hall–Kier alpha value is -1.22. The first kappa shape index (κ1) is 8.87. The van der Waals surface area contributed by atoms with Gasteiger partial charge < -0.3 is 5.32 Å². The first-order valence-electron chi connectivity index (χ1n) is 3.89. The van der Waals surface area contributed by atoms with Crippen LogP contribution in [0.25, 0.3) is 0 Å². The van der Waals surface area contributed by atoms with Gasteiger partial charge in [0.05, 0.1) is 5.69 Å². The number of rotatable bonds is 4. The van der Waals surface area contributed by atoms with Crippen LogP contribution in [0.4, 0.5) is 0 Å². The first-order chi connectivity index (χ1) is 5.79. The van der Waals surface area contributed by atoms with Gasteiger partial charge in [-0.25, -0.2) is 0 Å². The average Bonchev–Trinajstić information content (AvgIpc) is 2.05. The normalized spacial score (nSPS) is 9.75. The van der Waals surface area contributed by atoms with Crippen LogP contribution in [0.3, 0.4) is 0 Å². The summed E-state index contributed by atoms with van der Waals surface area (Å²) in [6.07, 6.45) is 5.12. The highest BCUT2D eigenvalue weighted by Crippen LogP contribution is 1.89. The summed E-state index contributed by atoms with van der Waals surface area (Å²) >= 11 is 0. The lowest BCUT2D eigenvalue weighted by molar-refractivity contribution is 0.720. The van der Waals surface area contributed by atoms with Crippen LogP contribution in [-0.2, 0) is 6.54 Å². The van der Waals surface area contributed by atoms with Crippen molar-refractivity contribution in [2.75, 3.05) is 6.54 Å². The van der Waals surface area contributed by atoms with Gasteiger partial charge in [-0.15, -0.1) is 0 Å². The van der Waals surface area contributed by atoms with Gasteiger partial charge in [-0.1, -0.05) is 12.2 Å². The van der Waals surface area contributed by atoms with Gasteiger partial charge in [0.15, 0.2) is 0 Å². The lowest BCUT2D eigenvalue weighted by Gasteiger charge is -2.01. The summed E-state index contributed by atoms with van der Waals surface area (Å²) in [5.41, 5.74) is 2.08. The van der Waals surface area contributed by atoms with Crippen LogP contribution in [0.2, 0.25) is 0 Å². The van der Waals surface area contributed by atoms with E-state index < -0.39 is 0 Å². The van der Waals surface area contributed by atoms with Gasteiger partial charge in [-0.3, -0.25) is 9.97 Å². The maximum atomic E-state index is 4.12. The van der Waals surface area contributed by atoms with E-state index in [-0.39, 0.29) is 0 Å². The quantitative estimate of drug-likeness (QED) is 0.676. The van der Waals surface area contributed by atoms with Crippen molar-refractivity contribution in [2.24, 2.45) is 0 Å². The predicted molar refractivity (Wildman–Crippen MR) is 48.6 cm³/mol. The van der Waals surface area contributed by atoms with E-state index >= 15 is 0 Å². The fraction of sp³-hybridized carbons (Fsp3) is 0.333. The van der Waals surface area contributed by atoms with Gasteiger partial charge in [0.2, 0.25) is 0 Å². The minimum absolute atomic E-state index is 0.751. The highest BCUT2D eigenvalue weighted by Gasteiger charge is 1.91. The molecule has 1 heterocycles. The molecule has 3 heteroatoms. The highest BCUT2D eigenvalue weighted by molar-refractivity contribution is 4.96. The molecule has 0 unspecified atom stereocenters. The smallest absolute Gasteiger partial charge is 0.0724 e. The molecule has 0 bridgehead atoms. The van der Waals surface area contributed by atoms with Gasteiger partial charge in [-0.05, 0) is 6.92 Å². The lowest BCUT2D eigenvalue weighted by atomic mass is 10.3. The van der Waals surface area contributed by atoms with Crippen molar-refractivity contribution < 1.29 is 0 Å². The van der Waals surface area contributed by atoms with Gasteiger partial charge >= 0.3 is 0 Å². The Kier molecular flexibility index (Phi) is 3.41. The summed E-state index contributed by atoms with van der Waals surface area (Å²) < 4.78 is 0. The summed E-state index contributed by atoms with van der Waals surface area (Å²) in [7, 11) is 0. The molecule has 0 saturated carbocycles. The Morgan fingerprint density at radius 3 is 3.00 bits per heavy atom. The van der Waals surface area contributed by atoms with Crippen molar-refractivity contribution in [1.82, 2.24) is 15.3 Å². The topological polar surface area (TPSA) is 37.8 Å². The van der Waals surface area contributed by atoms with E-state index in [1.807, 2.05) is 6.92 Å². The molecule has 1 rings (SSSR count). The highest BCUT2D eigenvalue weighted by atomic mass is 14.9. The SMILES string of the molecule is C=C(C)CNCc1cnccn1. The first-order valence-corrected chi connectivity index (χ1v) is 3.89. The zero-order valence-corrected chi connectivity index (χ0v) is 7.25. The largest absolute Gasteiger partial charge is 0.307 e. The third-order valence-electron chi connectivity index (χ3n) is 1.35. The van der Waals surface area contributed by atoms with Crippen molar-refractivity contribution in [3.05, 3.63) is 36.4 Å². The molecule has 0 spiro atoms. The summed E-state index contributed by atoms with van der Waals surface area (Å²) in [5, 5.41) is 3.20. The van der Waals surface area contributed by atoms with Crippen LogP contribution in [0, 0.1) is 0 Å². The molecule has 0 aliphatic carbocycles. The molecule has 1 N–H and O–H groups in total. The molecule has 3 nitrogen and oxygen atoms in total. The maximum Gasteiger partial charge on any atom is 0.0724 e. The predicted octanol–water partition coefficient (Wildman–Crippen LogP) is 1.14. The zero-order chi connectivity index (χ0) is 8.81. The van der Waals surface area contributed by atoms with Crippen LogP contribution in [0.1, 0.15) is 12.6 Å². The molecular formula is C9H13N3. The zero-order valence-electron chi connectivity index (χ0n) is 7.25. The van der Waals surface area contributed by atoms with Crippen molar-refractivity contribution in [1.29, 1.82) is 0 Å². The number of nitrogens with one attached hydrogen (secondary N) is 1. The van der Waals surface area contributed by atoms with E-state index in [1.54, 1.807) is 18.6 Å². The summed E-state index contributed by atoms with van der Waals surface area (Å²) in [5.74, 6) is 0. The van der Waals surface area contributed by atoms with E-state index in [0.29, 0.717) is 0 Å². The Balaban J connectivity index is 2.29. The second-order valence-corrected chi connectivity index (χ2v) is 2.76. The molecule has 0 aromatic carbocycles. The van der Waals surface area contributed by atoms with Crippen molar-refractivity contribution >= 4 is 0 Å². The molecule has 0 fully saturated rings. The monoisotopic (exact) mass is 163 g/mol. The Bertz CT molecular complexity index is 243. The number of hydrogen-bond donors (Lipinski definition) is 1. The van der Waals surface area contributed by atoms with Gasteiger partial charge in [-0.2, -0.15) is 0 Å². The fourth-order valence-corrected chi connectivity index (χ4v) is 0.825. The number of nitrogens with zero attached hydrogens (tertiary/aromatic N) is 2. The Morgan fingerprint density at radius 1 is 1.58 bits per heavy atom. The number of hydrogen-bond acceptors (Lipinski definition) is 3. The molecular weight excluding hydrogens is 150 g/mol. The van der Waals surface area contributed by atoms with Crippen molar-refractivity contribution in [2.45, 2.75) is 13.5 Å². The molecule has 0 aliphatic heterocycles. The Morgan fingerprint density at radius 2 is 2.42 bits per heavy atom. The van der Waals surface area contributed by atoms with Crippen molar-refractivity contribution in [3.8, 4) is 0 Å². The van der Waals surface area contributed by atoms with Crippen LogP contribution in [0.5, 0.6) is 0 Å². The van der Waals surface area contributed by atoms with Crippen molar-refractivity contribution in [3.63, 3.8) is 0 Å². The van der Waals surface area contributed by atoms with E-state index in [4.69, 9.17) is 0 Å². The molecule has 64 valence electrons. The standard InChI is InChI=1S/C9H13N3/c1-8(2)5-11-7-9-6-10-3-4-12-9/h3-4,6,11H,1,5,7H2,2H3. The molecule has 0 radical (unpaired) electrons. The van der Waals surface area contributed by atoms with Crippen LogP contribution in [-0.4, -0.2) is 16.5 Å². The molecule has 1 aromatic rings. The Labute approximate surface area is 72.6 Å².